The Bertz CT molecular complexity index is 445. The predicted octanol–water partition coefficient (Wildman–Crippen LogP) is 2.97. The standard InChI is InChI=1S/C10H8O2S/c1-13-10-8(6-11)7-4-2-3-5-9(7)12-10/h2-6H,1H3. The first-order chi connectivity index (χ1) is 6.36. The number of benzene rings is 1. The van der Waals surface area contributed by atoms with Crippen LogP contribution in [0.15, 0.2) is 33.8 Å². The number of para-hydroxylation sites is 1. The van der Waals surface area contributed by atoms with Crippen LogP contribution in [0.2, 0.25) is 0 Å². The summed E-state index contributed by atoms with van der Waals surface area (Å²) < 4.78 is 5.47. The first-order valence-electron chi connectivity index (χ1n) is 3.87. The van der Waals surface area contributed by atoms with E-state index in [-0.39, 0.29) is 0 Å². The van der Waals surface area contributed by atoms with Crippen molar-refractivity contribution in [3.63, 3.8) is 0 Å². The van der Waals surface area contributed by atoms with Gasteiger partial charge in [0.2, 0.25) is 0 Å². The third-order valence-corrected chi connectivity index (χ3v) is 2.58. The molecule has 13 heavy (non-hydrogen) atoms. The molecule has 2 aromatic rings. The Balaban J connectivity index is 2.81. The lowest BCUT2D eigenvalue weighted by Crippen LogP contribution is -1.77. The molecule has 0 unspecified atom stereocenters. The van der Waals surface area contributed by atoms with E-state index in [1.165, 1.54) is 11.8 Å². The van der Waals surface area contributed by atoms with Gasteiger partial charge in [0.05, 0.1) is 5.56 Å². The molecule has 2 rings (SSSR count). The highest BCUT2D eigenvalue weighted by atomic mass is 32.2. The van der Waals surface area contributed by atoms with Crippen LogP contribution in [0.5, 0.6) is 0 Å². The highest BCUT2D eigenvalue weighted by Crippen LogP contribution is 2.30. The maximum absolute atomic E-state index is 10.8. The van der Waals surface area contributed by atoms with Crippen LogP contribution in [-0.2, 0) is 0 Å². The fourth-order valence-corrected chi connectivity index (χ4v) is 1.86. The molecule has 0 fully saturated rings. The van der Waals surface area contributed by atoms with Crippen molar-refractivity contribution in [1.82, 2.24) is 0 Å². The van der Waals surface area contributed by atoms with Crippen molar-refractivity contribution in [3.05, 3.63) is 29.8 Å². The maximum atomic E-state index is 10.8. The topological polar surface area (TPSA) is 30.2 Å². The van der Waals surface area contributed by atoms with Gasteiger partial charge in [0.1, 0.15) is 5.58 Å². The van der Waals surface area contributed by atoms with Crippen LogP contribution in [0.4, 0.5) is 0 Å². The van der Waals surface area contributed by atoms with E-state index in [1.54, 1.807) is 0 Å². The summed E-state index contributed by atoms with van der Waals surface area (Å²) in [7, 11) is 0. The fraction of sp³-hybridized carbons (Fsp3) is 0.100. The van der Waals surface area contributed by atoms with E-state index < -0.39 is 0 Å². The molecule has 0 N–H and O–H groups in total. The van der Waals surface area contributed by atoms with Crippen LogP contribution >= 0.6 is 11.8 Å². The lowest BCUT2D eigenvalue weighted by Gasteiger charge is -1.87. The molecule has 66 valence electrons. The van der Waals surface area contributed by atoms with Crippen molar-refractivity contribution in [3.8, 4) is 0 Å². The molecule has 0 amide bonds. The zero-order valence-corrected chi connectivity index (χ0v) is 7.93. The van der Waals surface area contributed by atoms with Crippen molar-refractivity contribution in [2.45, 2.75) is 5.09 Å². The molecular weight excluding hydrogens is 184 g/mol. The van der Waals surface area contributed by atoms with Gasteiger partial charge in [0.25, 0.3) is 0 Å². The van der Waals surface area contributed by atoms with E-state index in [4.69, 9.17) is 4.42 Å². The summed E-state index contributed by atoms with van der Waals surface area (Å²) in [5.41, 5.74) is 1.43. The molecule has 3 heteroatoms. The number of furan rings is 1. The fourth-order valence-electron chi connectivity index (χ4n) is 1.31. The minimum Gasteiger partial charge on any atom is -0.449 e. The van der Waals surface area contributed by atoms with Crippen LogP contribution in [0.25, 0.3) is 11.0 Å². The Hall–Kier alpha value is -1.22. The van der Waals surface area contributed by atoms with E-state index in [1.807, 2.05) is 30.5 Å². The highest BCUT2D eigenvalue weighted by Gasteiger charge is 2.11. The zero-order valence-electron chi connectivity index (χ0n) is 7.11. The van der Waals surface area contributed by atoms with E-state index >= 15 is 0 Å². The molecule has 1 aromatic heterocycles. The number of thioether (sulfide) groups is 1. The van der Waals surface area contributed by atoms with E-state index in [0.717, 1.165) is 17.3 Å². The van der Waals surface area contributed by atoms with Crippen LogP contribution < -0.4 is 0 Å². The van der Waals surface area contributed by atoms with Crippen LogP contribution in [-0.4, -0.2) is 12.5 Å². The molecule has 0 spiro atoms. The van der Waals surface area contributed by atoms with Crippen molar-refractivity contribution >= 4 is 29.0 Å². The van der Waals surface area contributed by atoms with Gasteiger partial charge < -0.3 is 4.42 Å². The number of hydrogen-bond donors (Lipinski definition) is 0. The maximum Gasteiger partial charge on any atom is 0.171 e. The lowest BCUT2D eigenvalue weighted by molar-refractivity contribution is 0.112. The minimum absolute atomic E-state index is 0.656. The summed E-state index contributed by atoms with van der Waals surface area (Å²) in [6, 6.07) is 7.55. The van der Waals surface area contributed by atoms with E-state index in [2.05, 4.69) is 0 Å². The molecule has 0 atom stereocenters. The van der Waals surface area contributed by atoms with Gasteiger partial charge in [-0.2, -0.15) is 0 Å². The number of hydrogen-bond acceptors (Lipinski definition) is 3. The largest absolute Gasteiger partial charge is 0.449 e. The normalized spacial score (nSPS) is 10.5. The van der Waals surface area contributed by atoms with Crippen LogP contribution in [0, 0.1) is 0 Å². The SMILES string of the molecule is CSc1oc2ccccc2c1C=O. The third-order valence-electron chi connectivity index (χ3n) is 1.90. The van der Waals surface area contributed by atoms with Gasteiger partial charge in [-0.3, -0.25) is 4.79 Å². The quantitative estimate of drug-likeness (QED) is 0.541. The Labute approximate surface area is 79.9 Å². The van der Waals surface area contributed by atoms with Gasteiger partial charge in [-0.1, -0.05) is 30.0 Å². The number of rotatable bonds is 2. The Morgan fingerprint density at radius 3 is 2.85 bits per heavy atom. The summed E-state index contributed by atoms with van der Waals surface area (Å²) in [6.07, 6.45) is 2.74. The third kappa shape index (κ3) is 1.25. The van der Waals surface area contributed by atoms with Crippen LogP contribution in [0.3, 0.4) is 0 Å². The molecular formula is C10H8O2S. The van der Waals surface area contributed by atoms with Gasteiger partial charge >= 0.3 is 0 Å². The predicted molar refractivity (Wildman–Crippen MR) is 53.4 cm³/mol. The first-order valence-corrected chi connectivity index (χ1v) is 5.10. The summed E-state index contributed by atoms with van der Waals surface area (Å²) in [6.45, 7) is 0. The summed E-state index contributed by atoms with van der Waals surface area (Å²) in [4.78, 5) is 10.8. The molecule has 0 saturated heterocycles. The number of carbonyl (C=O) groups is 1. The Kier molecular flexibility index (Phi) is 2.10. The smallest absolute Gasteiger partial charge is 0.171 e. The molecule has 1 heterocycles. The monoisotopic (exact) mass is 192 g/mol. The summed E-state index contributed by atoms with van der Waals surface area (Å²) in [5, 5.41) is 1.58. The number of fused-ring (bicyclic) bond motifs is 1. The summed E-state index contributed by atoms with van der Waals surface area (Å²) >= 11 is 1.45. The molecule has 0 aliphatic rings. The molecule has 0 aliphatic carbocycles. The zero-order chi connectivity index (χ0) is 9.26. The second-order valence-electron chi connectivity index (χ2n) is 2.62. The summed E-state index contributed by atoms with van der Waals surface area (Å²) in [5.74, 6) is 0. The van der Waals surface area contributed by atoms with Crippen molar-refractivity contribution in [1.29, 1.82) is 0 Å². The van der Waals surface area contributed by atoms with Gasteiger partial charge in [0, 0.05) is 5.39 Å². The Morgan fingerprint density at radius 1 is 1.38 bits per heavy atom. The first kappa shape index (κ1) is 8.38. The van der Waals surface area contributed by atoms with Gasteiger partial charge in [-0.15, -0.1) is 0 Å². The average molecular weight is 192 g/mol. The number of carbonyl (C=O) groups excluding carboxylic acids is 1. The Morgan fingerprint density at radius 2 is 2.15 bits per heavy atom. The molecule has 1 aromatic carbocycles. The van der Waals surface area contributed by atoms with E-state index in [0.29, 0.717) is 10.7 Å². The van der Waals surface area contributed by atoms with Gasteiger partial charge in [-0.25, -0.2) is 0 Å². The average Bonchev–Trinajstić information content (AvgIpc) is 2.55. The van der Waals surface area contributed by atoms with Gasteiger partial charge in [-0.05, 0) is 12.3 Å². The van der Waals surface area contributed by atoms with Crippen molar-refractivity contribution < 1.29 is 9.21 Å². The molecule has 0 saturated carbocycles. The molecule has 0 aliphatic heterocycles. The molecule has 2 nitrogen and oxygen atoms in total. The second kappa shape index (κ2) is 3.26. The molecule has 0 bridgehead atoms. The minimum atomic E-state index is 0.656. The highest BCUT2D eigenvalue weighted by molar-refractivity contribution is 7.98. The van der Waals surface area contributed by atoms with Gasteiger partial charge in [0.15, 0.2) is 11.4 Å². The second-order valence-corrected chi connectivity index (χ2v) is 3.40. The number of aldehydes is 1. The van der Waals surface area contributed by atoms with E-state index in [9.17, 15) is 4.79 Å². The van der Waals surface area contributed by atoms with Crippen molar-refractivity contribution in [2.24, 2.45) is 0 Å². The molecule has 0 radical (unpaired) electrons. The van der Waals surface area contributed by atoms with Crippen molar-refractivity contribution in [2.75, 3.05) is 6.26 Å². The van der Waals surface area contributed by atoms with Crippen LogP contribution in [0.1, 0.15) is 10.4 Å². The lowest BCUT2D eigenvalue weighted by atomic mass is 10.2.